The van der Waals surface area contributed by atoms with Crippen LogP contribution in [-0.4, -0.2) is 15.9 Å². The van der Waals surface area contributed by atoms with Crippen molar-refractivity contribution in [1.82, 2.24) is 10.1 Å². The molecule has 0 unspecified atom stereocenters. The van der Waals surface area contributed by atoms with Crippen LogP contribution in [0.1, 0.15) is 38.6 Å². The number of carbonyl (C=O) groups is 1. The monoisotopic (exact) mass is 275 g/mol. The van der Waals surface area contributed by atoms with Gasteiger partial charge in [-0.2, -0.15) is 4.98 Å². The summed E-state index contributed by atoms with van der Waals surface area (Å²) in [4.78, 5) is 15.1. The molecule has 1 aromatic carbocycles. The molecule has 20 heavy (non-hydrogen) atoms. The summed E-state index contributed by atoms with van der Waals surface area (Å²) in [6.45, 7) is 7.48. The lowest BCUT2D eigenvalue weighted by Crippen LogP contribution is -1.94. The van der Waals surface area contributed by atoms with Crippen LogP contribution in [0.15, 0.2) is 22.7 Å². The first-order chi connectivity index (χ1) is 9.56. The Morgan fingerprint density at radius 3 is 2.65 bits per heavy atom. The number of aryl methyl sites for hydroxylation is 2. The Morgan fingerprint density at radius 1 is 1.35 bits per heavy atom. The number of rotatable bonds is 4. The van der Waals surface area contributed by atoms with Gasteiger partial charge < -0.3 is 15.1 Å². The van der Waals surface area contributed by atoms with Crippen LogP contribution in [0.2, 0.25) is 0 Å². The lowest BCUT2D eigenvalue weighted by atomic mass is 10.1. The van der Waals surface area contributed by atoms with Crippen LogP contribution in [0.3, 0.4) is 0 Å². The van der Waals surface area contributed by atoms with Gasteiger partial charge in [0.05, 0.1) is 0 Å². The number of nitrogen functional groups attached to an aromatic ring is 1. The Kier molecular flexibility index (Phi) is 5.90. The lowest BCUT2D eigenvalue weighted by molar-refractivity contribution is -0.117. The van der Waals surface area contributed by atoms with Gasteiger partial charge in [-0.05, 0) is 25.5 Å². The van der Waals surface area contributed by atoms with Gasteiger partial charge in [0.1, 0.15) is 5.78 Å². The van der Waals surface area contributed by atoms with Crippen molar-refractivity contribution < 1.29 is 9.32 Å². The number of ketones is 1. The zero-order valence-electron chi connectivity index (χ0n) is 12.4. The Bertz CT molecular complexity index is 576. The minimum absolute atomic E-state index is 0.106. The van der Waals surface area contributed by atoms with Gasteiger partial charge in [0.2, 0.25) is 11.7 Å². The molecule has 108 valence electrons. The Morgan fingerprint density at radius 2 is 2.05 bits per heavy atom. The molecule has 0 bridgehead atoms. The lowest BCUT2D eigenvalue weighted by Gasteiger charge is -2.00. The molecule has 0 saturated heterocycles. The molecule has 2 N–H and O–H groups in total. The zero-order valence-corrected chi connectivity index (χ0v) is 12.4. The van der Waals surface area contributed by atoms with Gasteiger partial charge in [-0.3, -0.25) is 0 Å². The van der Waals surface area contributed by atoms with E-state index in [0.29, 0.717) is 30.2 Å². The molecule has 2 aromatic rings. The van der Waals surface area contributed by atoms with Gasteiger partial charge in [-0.15, -0.1) is 0 Å². The third-order valence-corrected chi connectivity index (χ3v) is 2.70. The number of carbonyl (C=O) groups excluding carboxylic acids is 1. The first-order valence-corrected chi connectivity index (χ1v) is 6.75. The Balaban J connectivity index is 0.000000956. The first kappa shape index (κ1) is 15.9. The second-order valence-corrected chi connectivity index (χ2v) is 4.29. The molecule has 0 atom stereocenters. The zero-order chi connectivity index (χ0) is 15.1. The van der Waals surface area contributed by atoms with E-state index in [1.807, 2.05) is 39.0 Å². The van der Waals surface area contributed by atoms with Crippen molar-refractivity contribution in [2.24, 2.45) is 0 Å². The molecule has 0 radical (unpaired) electrons. The summed E-state index contributed by atoms with van der Waals surface area (Å²) >= 11 is 0. The fourth-order valence-corrected chi connectivity index (χ4v) is 1.54. The van der Waals surface area contributed by atoms with E-state index in [4.69, 9.17) is 10.3 Å². The van der Waals surface area contributed by atoms with Crippen LogP contribution in [0.4, 0.5) is 5.69 Å². The molecule has 0 aliphatic carbocycles. The van der Waals surface area contributed by atoms with Gasteiger partial charge in [0.25, 0.3) is 0 Å². The average Bonchev–Trinajstić information content (AvgIpc) is 2.91. The highest BCUT2D eigenvalue weighted by Gasteiger charge is 2.10. The quantitative estimate of drug-likeness (QED) is 0.866. The van der Waals surface area contributed by atoms with E-state index in [1.54, 1.807) is 0 Å². The predicted octanol–water partition coefficient (Wildman–Crippen LogP) is 3.18. The van der Waals surface area contributed by atoms with Crippen LogP contribution >= 0.6 is 0 Å². The normalized spacial score (nSPS) is 9.80. The van der Waals surface area contributed by atoms with Crippen LogP contribution in [0.25, 0.3) is 11.4 Å². The smallest absolute Gasteiger partial charge is 0.227 e. The second-order valence-electron chi connectivity index (χ2n) is 4.29. The number of nitrogens with zero attached hydrogens (tertiary/aromatic N) is 2. The molecular weight excluding hydrogens is 254 g/mol. The molecule has 1 heterocycles. The molecule has 1 aromatic heterocycles. The van der Waals surface area contributed by atoms with Crippen LogP contribution in [0.5, 0.6) is 0 Å². The first-order valence-electron chi connectivity index (χ1n) is 6.75. The van der Waals surface area contributed by atoms with E-state index in [1.165, 1.54) is 6.92 Å². The number of aromatic nitrogens is 2. The summed E-state index contributed by atoms with van der Waals surface area (Å²) in [6.07, 6.45) is 0.890. The molecule has 0 fully saturated rings. The highest BCUT2D eigenvalue weighted by Crippen LogP contribution is 2.21. The van der Waals surface area contributed by atoms with Gasteiger partial charge in [0, 0.05) is 24.1 Å². The summed E-state index contributed by atoms with van der Waals surface area (Å²) < 4.78 is 5.09. The topological polar surface area (TPSA) is 82.0 Å². The van der Waals surface area contributed by atoms with E-state index >= 15 is 0 Å². The molecule has 0 aliphatic heterocycles. The van der Waals surface area contributed by atoms with Crippen molar-refractivity contribution in [1.29, 1.82) is 0 Å². The van der Waals surface area contributed by atoms with Crippen LogP contribution in [-0.2, 0) is 11.2 Å². The third-order valence-electron chi connectivity index (χ3n) is 2.70. The number of anilines is 1. The molecule has 2 rings (SSSR count). The fourth-order valence-electron chi connectivity index (χ4n) is 1.54. The highest BCUT2D eigenvalue weighted by molar-refractivity contribution is 5.75. The van der Waals surface area contributed by atoms with Crippen molar-refractivity contribution in [2.75, 3.05) is 5.73 Å². The number of nitrogens with two attached hydrogens (primary N) is 1. The number of benzene rings is 1. The number of Topliss-reactive ketones (excluding diaryl/α,β-unsaturated/α-hetero) is 1. The molecular formula is C15H21N3O2. The van der Waals surface area contributed by atoms with Crippen LogP contribution in [0, 0.1) is 6.92 Å². The standard InChI is InChI=1S/C13H15N3O2.C2H6/c1-8-3-5-10(7-11(8)14)13-15-12(18-16-13)6-4-9(2)17;1-2/h3,5,7H,4,6,14H2,1-2H3;1-2H3. The molecule has 0 aliphatic rings. The summed E-state index contributed by atoms with van der Waals surface area (Å²) in [7, 11) is 0. The van der Waals surface area contributed by atoms with Crippen molar-refractivity contribution in [3.05, 3.63) is 29.7 Å². The average molecular weight is 275 g/mol. The fraction of sp³-hybridized carbons (Fsp3) is 0.400. The summed E-state index contributed by atoms with van der Waals surface area (Å²) in [5, 5.41) is 3.88. The summed E-state index contributed by atoms with van der Waals surface area (Å²) in [6, 6.07) is 5.62. The predicted molar refractivity (Wildman–Crippen MR) is 79.2 cm³/mol. The van der Waals surface area contributed by atoms with E-state index in [9.17, 15) is 4.79 Å². The second kappa shape index (κ2) is 7.43. The van der Waals surface area contributed by atoms with E-state index in [0.717, 1.165) is 11.1 Å². The molecule has 0 spiro atoms. The molecule has 5 nitrogen and oxygen atoms in total. The van der Waals surface area contributed by atoms with Crippen molar-refractivity contribution in [3.63, 3.8) is 0 Å². The Labute approximate surface area is 119 Å². The van der Waals surface area contributed by atoms with Gasteiger partial charge >= 0.3 is 0 Å². The summed E-state index contributed by atoms with van der Waals surface area (Å²) in [5.41, 5.74) is 8.36. The number of hydrogen-bond donors (Lipinski definition) is 1. The molecule has 5 heteroatoms. The highest BCUT2D eigenvalue weighted by atomic mass is 16.5. The maximum Gasteiger partial charge on any atom is 0.227 e. The Hall–Kier alpha value is -2.17. The number of hydrogen-bond acceptors (Lipinski definition) is 5. The van der Waals surface area contributed by atoms with Crippen LogP contribution < -0.4 is 5.73 Å². The van der Waals surface area contributed by atoms with E-state index in [2.05, 4.69) is 10.1 Å². The molecule has 0 saturated carbocycles. The summed E-state index contributed by atoms with van der Waals surface area (Å²) in [5.74, 6) is 1.08. The maximum atomic E-state index is 10.9. The van der Waals surface area contributed by atoms with E-state index < -0.39 is 0 Å². The van der Waals surface area contributed by atoms with E-state index in [-0.39, 0.29) is 5.78 Å². The maximum absolute atomic E-state index is 10.9. The van der Waals surface area contributed by atoms with Crippen molar-refractivity contribution in [2.45, 2.75) is 40.5 Å². The minimum atomic E-state index is 0.106. The minimum Gasteiger partial charge on any atom is -0.398 e. The van der Waals surface area contributed by atoms with Crippen molar-refractivity contribution in [3.8, 4) is 11.4 Å². The molecule has 0 amide bonds. The SMILES string of the molecule is CC.CC(=O)CCc1nc(-c2ccc(C)c(N)c2)no1. The van der Waals surface area contributed by atoms with Gasteiger partial charge in [-0.25, -0.2) is 0 Å². The van der Waals surface area contributed by atoms with Crippen molar-refractivity contribution >= 4 is 11.5 Å². The van der Waals surface area contributed by atoms with Gasteiger partial charge in [0.15, 0.2) is 0 Å². The third kappa shape index (κ3) is 4.19. The largest absolute Gasteiger partial charge is 0.398 e. The van der Waals surface area contributed by atoms with Gasteiger partial charge in [-0.1, -0.05) is 31.1 Å².